The first-order valence-electron chi connectivity index (χ1n) is 4.96. The smallest absolute Gasteiger partial charge is 0.151 e. The molecule has 0 unspecified atom stereocenters. The summed E-state index contributed by atoms with van der Waals surface area (Å²) in [5.41, 5.74) is 7.72. The lowest BCUT2D eigenvalue weighted by atomic mass is 10.1. The molecule has 1 heterocycles. The highest BCUT2D eigenvalue weighted by atomic mass is 15.2. The van der Waals surface area contributed by atoms with Gasteiger partial charge in [0.2, 0.25) is 0 Å². The van der Waals surface area contributed by atoms with E-state index in [4.69, 9.17) is 5.73 Å². The number of aromatic nitrogens is 3. The number of anilines is 1. The molecular weight excluding hydrogens is 188 g/mol. The number of hydrogen-bond donors (Lipinski definition) is 2. The van der Waals surface area contributed by atoms with Gasteiger partial charge in [0, 0.05) is 12.1 Å². The molecule has 1 aromatic heterocycles. The van der Waals surface area contributed by atoms with Crippen molar-refractivity contribution in [2.24, 2.45) is 0 Å². The highest BCUT2D eigenvalue weighted by Crippen LogP contribution is 2.08. The topological polar surface area (TPSA) is 67.6 Å². The molecule has 0 fully saturated rings. The minimum atomic E-state index is 0.804. The molecular formula is C11H14N4. The zero-order chi connectivity index (χ0) is 10.7. The summed E-state index contributed by atoms with van der Waals surface area (Å²) in [4.78, 5) is 4.25. The molecule has 15 heavy (non-hydrogen) atoms. The van der Waals surface area contributed by atoms with Crippen LogP contribution in [0.25, 0.3) is 0 Å². The number of aryl methyl sites for hydroxylation is 3. The van der Waals surface area contributed by atoms with Crippen LogP contribution in [0, 0.1) is 6.92 Å². The van der Waals surface area contributed by atoms with Crippen LogP contribution in [0.5, 0.6) is 0 Å². The summed E-state index contributed by atoms with van der Waals surface area (Å²) in [6.45, 7) is 1.90. The Hall–Kier alpha value is -1.84. The summed E-state index contributed by atoms with van der Waals surface area (Å²) >= 11 is 0. The molecule has 0 radical (unpaired) electrons. The minimum Gasteiger partial charge on any atom is -0.399 e. The predicted octanol–water partition coefficient (Wildman–Crippen LogP) is 1.48. The summed E-state index contributed by atoms with van der Waals surface area (Å²) < 4.78 is 0. The van der Waals surface area contributed by atoms with Gasteiger partial charge in [0.05, 0.1) is 0 Å². The molecule has 0 saturated heterocycles. The molecule has 0 atom stereocenters. The monoisotopic (exact) mass is 202 g/mol. The highest BCUT2D eigenvalue weighted by molar-refractivity contribution is 5.40. The maximum atomic E-state index is 5.69. The summed E-state index contributed by atoms with van der Waals surface area (Å²) in [6.07, 6.45) is 1.76. The van der Waals surface area contributed by atoms with Crippen molar-refractivity contribution in [3.05, 3.63) is 41.5 Å². The Bertz CT molecular complexity index is 447. The summed E-state index contributed by atoms with van der Waals surface area (Å²) in [5.74, 6) is 1.72. The minimum absolute atomic E-state index is 0.804. The molecule has 4 nitrogen and oxygen atoms in total. The Morgan fingerprint density at radius 2 is 2.20 bits per heavy atom. The van der Waals surface area contributed by atoms with Gasteiger partial charge in [-0.3, -0.25) is 5.10 Å². The Kier molecular flexibility index (Phi) is 2.67. The second-order valence-electron chi connectivity index (χ2n) is 3.58. The third-order valence-electron chi connectivity index (χ3n) is 2.23. The van der Waals surface area contributed by atoms with Crippen molar-refractivity contribution in [2.45, 2.75) is 19.8 Å². The molecule has 2 aromatic rings. The van der Waals surface area contributed by atoms with E-state index < -0.39 is 0 Å². The summed E-state index contributed by atoms with van der Waals surface area (Å²) in [5, 5.41) is 6.92. The number of nitrogens with two attached hydrogens (primary N) is 1. The molecule has 78 valence electrons. The van der Waals surface area contributed by atoms with E-state index in [1.165, 1.54) is 5.56 Å². The second kappa shape index (κ2) is 4.13. The van der Waals surface area contributed by atoms with Gasteiger partial charge >= 0.3 is 0 Å². The molecule has 3 N–H and O–H groups in total. The van der Waals surface area contributed by atoms with E-state index in [2.05, 4.69) is 21.2 Å². The molecule has 1 aromatic carbocycles. The summed E-state index contributed by atoms with van der Waals surface area (Å²) in [6, 6.07) is 7.91. The number of benzene rings is 1. The van der Waals surface area contributed by atoms with Crippen LogP contribution in [0.3, 0.4) is 0 Å². The fourth-order valence-corrected chi connectivity index (χ4v) is 1.51. The van der Waals surface area contributed by atoms with E-state index in [-0.39, 0.29) is 0 Å². The lowest BCUT2D eigenvalue weighted by molar-refractivity contribution is 0.865. The standard InChI is InChI=1S/C11H14N4/c1-8-13-11(15-14-8)6-5-9-3-2-4-10(12)7-9/h2-4,7H,5-6,12H2,1H3,(H,13,14,15). The third-order valence-corrected chi connectivity index (χ3v) is 2.23. The Morgan fingerprint density at radius 3 is 2.87 bits per heavy atom. The number of aromatic amines is 1. The zero-order valence-corrected chi connectivity index (χ0v) is 8.70. The van der Waals surface area contributed by atoms with Crippen LogP contribution in [-0.4, -0.2) is 15.2 Å². The number of nitrogens with one attached hydrogen (secondary N) is 1. The van der Waals surface area contributed by atoms with E-state index in [9.17, 15) is 0 Å². The lowest BCUT2D eigenvalue weighted by Crippen LogP contribution is -1.95. The third kappa shape index (κ3) is 2.56. The van der Waals surface area contributed by atoms with Crippen LogP contribution in [0.4, 0.5) is 5.69 Å². The molecule has 2 rings (SSSR count). The maximum absolute atomic E-state index is 5.69. The fourth-order valence-electron chi connectivity index (χ4n) is 1.51. The normalized spacial score (nSPS) is 10.5. The van der Waals surface area contributed by atoms with Gasteiger partial charge in [0.25, 0.3) is 0 Å². The average molecular weight is 202 g/mol. The van der Waals surface area contributed by atoms with E-state index in [0.29, 0.717) is 0 Å². The van der Waals surface area contributed by atoms with Gasteiger partial charge in [-0.1, -0.05) is 12.1 Å². The van der Waals surface area contributed by atoms with Gasteiger partial charge in [0.1, 0.15) is 5.82 Å². The largest absolute Gasteiger partial charge is 0.399 e. The first-order chi connectivity index (χ1) is 7.24. The van der Waals surface area contributed by atoms with E-state index in [0.717, 1.165) is 30.2 Å². The SMILES string of the molecule is Cc1nc(CCc2cccc(N)c2)n[nH]1. The molecule has 0 aliphatic rings. The van der Waals surface area contributed by atoms with Crippen molar-refractivity contribution in [2.75, 3.05) is 5.73 Å². The molecule has 0 saturated carbocycles. The van der Waals surface area contributed by atoms with Crippen molar-refractivity contribution in [1.82, 2.24) is 15.2 Å². The van der Waals surface area contributed by atoms with Gasteiger partial charge in [-0.2, -0.15) is 5.10 Å². The number of hydrogen-bond acceptors (Lipinski definition) is 3. The van der Waals surface area contributed by atoms with E-state index in [1.54, 1.807) is 0 Å². The Balaban J connectivity index is 1.99. The first-order valence-corrected chi connectivity index (χ1v) is 4.96. The average Bonchev–Trinajstić information content (AvgIpc) is 2.62. The molecule has 0 aliphatic carbocycles. The van der Waals surface area contributed by atoms with Crippen LogP contribution < -0.4 is 5.73 Å². The van der Waals surface area contributed by atoms with Crippen molar-refractivity contribution in [3.8, 4) is 0 Å². The maximum Gasteiger partial charge on any atom is 0.151 e. The molecule has 0 aliphatic heterocycles. The molecule has 0 bridgehead atoms. The molecule has 0 spiro atoms. The Morgan fingerprint density at radius 1 is 1.33 bits per heavy atom. The van der Waals surface area contributed by atoms with Crippen molar-refractivity contribution < 1.29 is 0 Å². The Labute approximate surface area is 88.5 Å². The summed E-state index contributed by atoms with van der Waals surface area (Å²) in [7, 11) is 0. The quantitative estimate of drug-likeness (QED) is 0.741. The van der Waals surface area contributed by atoms with E-state index in [1.807, 2.05) is 25.1 Å². The number of nitrogen functional groups attached to an aromatic ring is 1. The van der Waals surface area contributed by atoms with Crippen LogP contribution in [0.15, 0.2) is 24.3 Å². The fraction of sp³-hybridized carbons (Fsp3) is 0.273. The van der Waals surface area contributed by atoms with Gasteiger partial charge in [-0.25, -0.2) is 4.98 Å². The van der Waals surface area contributed by atoms with Crippen LogP contribution >= 0.6 is 0 Å². The number of rotatable bonds is 3. The zero-order valence-electron chi connectivity index (χ0n) is 8.70. The van der Waals surface area contributed by atoms with Crippen LogP contribution in [0.1, 0.15) is 17.2 Å². The highest BCUT2D eigenvalue weighted by Gasteiger charge is 2.00. The first kappa shape index (κ1) is 9.71. The number of nitrogens with zero attached hydrogens (tertiary/aromatic N) is 2. The van der Waals surface area contributed by atoms with Crippen LogP contribution in [-0.2, 0) is 12.8 Å². The second-order valence-corrected chi connectivity index (χ2v) is 3.58. The van der Waals surface area contributed by atoms with Gasteiger partial charge in [-0.05, 0) is 31.0 Å². The van der Waals surface area contributed by atoms with Gasteiger partial charge in [-0.15, -0.1) is 0 Å². The lowest BCUT2D eigenvalue weighted by Gasteiger charge is -1.99. The van der Waals surface area contributed by atoms with Gasteiger partial charge < -0.3 is 5.73 Å². The molecule has 0 amide bonds. The predicted molar refractivity (Wildman–Crippen MR) is 59.4 cm³/mol. The van der Waals surface area contributed by atoms with Gasteiger partial charge in [0.15, 0.2) is 5.82 Å². The molecule has 4 heteroatoms. The van der Waals surface area contributed by atoms with E-state index >= 15 is 0 Å². The number of H-pyrrole nitrogens is 1. The van der Waals surface area contributed by atoms with Crippen molar-refractivity contribution >= 4 is 5.69 Å². The van der Waals surface area contributed by atoms with Crippen LogP contribution in [0.2, 0.25) is 0 Å². The van der Waals surface area contributed by atoms with Crippen molar-refractivity contribution in [1.29, 1.82) is 0 Å². The van der Waals surface area contributed by atoms with Crippen molar-refractivity contribution in [3.63, 3.8) is 0 Å².